The van der Waals surface area contributed by atoms with Crippen molar-refractivity contribution in [2.45, 2.75) is 0 Å². The van der Waals surface area contributed by atoms with E-state index in [1.54, 1.807) is 24.3 Å². The van der Waals surface area contributed by atoms with Gasteiger partial charge < -0.3 is 10.3 Å². The van der Waals surface area contributed by atoms with Crippen LogP contribution in [0, 0.1) is 0 Å². The van der Waals surface area contributed by atoms with Gasteiger partial charge in [-0.3, -0.25) is 9.59 Å². The predicted octanol–water partition coefficient (Wildman–Crippen LogP) is 3.93. The van der Waals surface area contributed by atoms with Gasteiger partial charge in [-0.1, -0.05) is 36.4 Å². The van der Waals surface area contributed by atoms with Gasteiger partial charge in [0.2, 0.25) is 0 Å². The molecule has 116 valence electrons. The standard InChI is InChI=1S/C20H14N2O2/c23-19-14-9-4-5-12-17(14)22-18-15(19)10-6-11-16(18)20(24)21-13-7-2-1-3-8-13/h1-12H,(H,21,24)(H,22,23). The summed E-state index contributed by atoms with van der Waals surface area (Å²) >= 11 is 0. The van der Waals surface area contributed by atoms with Crippen LogP contribution in [0.25, 0.3) is 21.8 Å². The SMILES string of the molecule is O=C(Nc1ccccc1)c1cccc2c(=O)c3ccccc3[nH]c12. The molecule has 0 bridgehead atoms. The Morgan fingerprint density at radius 1 is 0.792 bits per heavy atom. The molecule has 0 aliphatic carbocycles. The Hall–Kier alpha value is -3.40. The number of fused-ring (bicyclic) bond motifs is 2. The van der Waals surface area contributed by atoms with Gasteiger partial charge >= 0.3 is 0 Å². The average molecular weight is 314 g/mol. The van der Waals surface area contributed by atoms with Crippen molar-refractivity contribution >= 4 is 33.4 Å². The van der Waals surface area contributed by atoms with Crippen LogP contribution in [-0.4, -0.2) is 10.9 Å². The molecule has 4 rings (SSSR count). The first kappa shape index (κ1) is 14.2. The van der Waals surface area contributed by atoms with Crippen LogP contribution < -0.4 is 10.7 Å². The van der Waals surface area contributed by atoms with Gasteiger partial charge in [0.25, 0.3) is 5.91 Å². The molecular weight excluding hydrogens is 300 g/mol. The van der Waals surface area contributed by atoms with Crippen LogP contribution in [-0.2, 0) is 0 Å². The van der Waals surface area contributed by atoms with E-state index in [-0.39, 0.29) is 11.3 Å². The van der Waals surface area contributed by atoms with Crippen molar-refractivity contribution in [2.24, 2.45) is 0 Å². The third kappa shape index (κ3) is 2.34. The summed E-state index contributed by atoms with van der Waals surface area (Å²) in [6, 6.07) is 21.7. The molecule has 24 heavy (non-hydrogen) atoms. The van der Waals surface area contributed by atoms with Crippen molar-refractivity contribution in [3.8, 4) is 0 Å². The van der Waals surface area contributed by atoms with Gasteiger partial charge in [0.1, 0.15) is 0 Å². The van der Waals surface area contributed by atoms with Gasteiger partial charge in [-0.05, 0) is 36.4 Å². The Bertz CT molecular complexity index is 1110. The number of para-hydroxylation sites is 3. The molecule has 1 aromatic heterocycles. The summed E-state index contributed by atoms with van der Waals surface area (Å²) in [7, 11) is 0. The van der Waals surface area contributed by atoms with E-state index in [0.717, 1.165) is 5.52 Å². The average Bonchev–Trinajstić information content (AvgIpc) is 2.62. The maximum atomic E-state index is 12.7. The highest BCUT2D eigenvalue weighted by molar-refractivity contribution is 6.13. The number of benzene rings is 3. The first-order valence-electron chi connectivity index (χ1n) is 7.64. The first-order valence-corrected chi connectivity index (χ1v) is 7.64. The van der Waals surface area contributed by atoms with Crippen molar-refractivity contribution in [1.82, 2.24) is 4.98 Å². The molecule has 0 aliphatic heterocycles. The number of rotatable bonds is 2. The van der Waals surface area contributed by atoms with Crippen molar-refractivity contribution in [1.29, 1.82) is 0 Å². The number of carbonyl (C=O) groups is 1. The van der Waals surface area contributed by atoms with Crippen molar-refractivity contribution in [3.63, 3.8) is 0 Å². The summed E-state index contributed by atoms with van der Waals surface area (Å²) in [4.78, 5) is 28.5. The van der Waals surface area contributed by atoms with E-state index >= 15 is 0 Å². The molecule has 0 atom stereocenters. The van der Waals surface area contributed by atoms with Crippen LogP contribution in [0.5, 0.6) is 0 Å². The summed E-state index contributed by atoms with van der Waals surface area (Å²) in [5.74, 6) is -0.252. The molecule has 1 heterocycles. The largest absolute Gasteiger partial charge is 0.354 e. The second-order valence-electron chi connectivity index (χ2n) is 5.55. The second kappa shape index (κ2) is 5.66. The molecule has 3 aromatic carbocycles. The number of H-pyrrole nitrogens is 1. The Morgan fingerprint density at radius 3 is 2.33 bits per heavy atom. The minimum absolute atomic E-state index is 0.0753. The van der Waals surface area contributed by atoms with Crippen molar-refractivity contribution in [2.75, 3.05) is 5.32 Å². The fraction of sp³-hybridized carbons (Fsp3) is 0. The number of anilines is 1. The number of nitrogens with one attached hydrogen (secondary N) is 2. The normalized spacial score (nSPS) is 10.8. The van der Waals surface area contributed by atoms with E-state index in [9.17, 15) is 9.59 Å². The lowest BCUT2D eigenvalue weighted by atomic mass is 10.1. The molecule has 1 amide bonds. The lowest BCUT2D eigenvalue weighted by Gasteiger charge is -2.09. The van der Waals surface area contributed by atoms with E-state index < -0.39 is 0 Å². The number of hydrogen-bond donors (Lipinski definition) is 2. The highest BCUT2D eigenvalue weighted by Gasteiger charge is 2.13. The third-order valence-electron chi connectivity index (χ3n) is 4.02. The molecule has 2 N–H and O–H groups in total. The fourth-order valence-electron chi connectivity index (χ4n) is 2.86. The van der Waals surface area contributed by atoms with E-state index in [4.69, 9.17) is 0 Å². The lowest BCUT2D eigenvalue weighted by molar-refractivity contribution is 0.102. The van der Waals surface area contributed by atoms with Gasteiger partial charge in [0, 0.05) is 22.0 Å². The van der Waals surface area contributed by atoms with Crippen LogP contribution in [0.1, 0.15) is 10.4 Å². The Labute approximate surface area is 137 Å². The zero-order valence-corrected chi connectivity index (χ0v) is 12.7. The third-order valence-corrected chi connectivity index (χ3v) is 4.02. The summed E-state index contributed by atoms with van der Waals surface area (Å²) < 4.78 is 0. The summed E-state index contributed by atoms with van der Waals surface area (Å²) in [5.41, 5.74) is 2.35. The zero-order valence-electron chi connectivity index (χ0n) is 12.7. The van der Waals surface area contributed by atoms with Crippen LogP contribution in [0.3, 0.4) is 0 Å². The van der Waals surface area contributed by atoms with E-state index in [1.165, 1.54) is 0 Å². The maximum Gasteiger partial charge on any atom is 0.257 e. The van der Waals surface area contributed by atoms with E-state index in [2.05, 4.69) is 10.3 Å². The van der Waals surface area contributed by atoms with E-state index in [1.807, 2.05) is 48.5 Å². The molecule has 0 spiro atoms. The molecule has 4 nitrogen and oxygen atoms in total. The molecule has 0 aliphatic rings. The van der Waals surface area contributed by atoms with Crippen LogP contribution in [0.15, 0.2) is 77.6 Å². The Balaban J connectivity index is 1.90. The quantitative estimate of drug-likeness (QED) is 0.551. The molecule has 0 radical (unpaired) electrons. The van der Waals surface area contributed by atoms with Gasteiger partial charge in [0.15, 0.2) is 5.43 Å². The molecule has 4 aromatic rings. The highest BCUT2D eigenvalue weighted by atomic mass is 16.1. The lowest BCUT2D eigenvalue weighted by Crippen LogP contribution is -2.14. The van der Waals surface area contributed by atoms with Gasteiger partial charge in [-0.2, -0.15) is 0 Å². The molecule has 4 heteroatoms. The first-order chi connectivity index (χ1) is 11.7. The maximum absolute atomic E-state index is 12.7. The molecule has 0 saturated heterocycles. The summed E-state index contributed by atoms with van der Waals surface area (Å²) in [6.07, 6.45) is 0. The monoisotopic (exact) mass is 314 g/mol. The number of amides is 1. The summed E-state index contributed by atoms with van der Waals surface area (Å²) in [5, 5.41) is 3.98. The van der Waals surface area contributed by atoms with Gasteiger partial charge in [0.05, 0.1) is 11.1 Å². The van der Waals surface area contributed by atoms with Crippen LogP contribution >= 0.6 is 0 Å². The van der Waals surface area contributed by atoms with Crippen LogP contribution in [0.4, 0.5) is 5.69 Å². The van der Waals surface area contributed by atoms with Crippen molar-refractivity contribution in [3.05, 3.63) is 88.6 Å². The summed E-state index contributed by atoms with van der Waals surface area (Å²) in [6.45, 7) is 0. The minimum Gasteiger partial charge on any atom is -0.354 e. The van der Waals surface area contributed by atoms with E-state index in [0.29, 0.717) is 27.5 Å². The smallest absolute Gasteiger partial charge is 0.257 e. The number of aromatic nitrogens is 1. The Kier molecular flexibility index (Phi) is 3.35. The fourth-order valence-corrected chi connectivity index (χ4v) is 2.86. The molecule has 0 fully saturated rings. The van der Waals surface area contributed by atoms with Crippen LogP contribution in [0.2, 0.25) is 0 Å². The van der Waals surface area contributed by atoms with Gasteiger partial charge in [-0.15, -0.1) is 0 Å². The molecule has 0 saturated carbocycles. The number of aromatic amines is 1. The number of carbonyl (C=O) groups excluding carboxylic acids is 1. The number of pyridine rings is 1. The molecule has 0 unspecified atom stereocenters. The highest BCUT2D eigenvalue weighted by Crippen LogP contribution is 2.19. The minimum atomic E-state index is -0.252. The molecular formula is C20H14N2O2. The number of hydrogen-bond acceptors (Lipinski definition) is 2. The second-order valence-corrected chi connectivity index (χ2v) is 5.55. The zero-order chi connectivity index (χ0) is 16.5. The van der Waals surface area contributed by atoms with Gasteiger partial charge in [-0.25, -0.2) is 0 Å². The Morgan fingerprint density at radius 2 is 1.50 bits per heavy atom. The van der Waals surface area contributed by atoms with Crippen molar-refractivity contribution < 1.29 is 4.79 Å². The predicted molar refractivity (Wildman–Crippen MR) is 96.5 cm³/mol. The topological polar surface area (TPSA) is 62.0 Å².